The molecular weight excluding hydrogens is 313 g/mol. The Morgan fingerprint density at radius 2 is 2.12 bits per heavy atom. The summed E-state index contributed by atoms with van der Waals surface area (Å²) in [5.41, 5.74) is 0.218. The van der Waals surface area contributed by atoms with E-state index in [-0.39, 0.29) is 23.6 Å². The lowest BCUT2D eigenvalue weighted by Gasteiger charge is -2.29. The number of halogens is 1. The van der Waals surface area contributed by atoms with Crippen LogP contribution in [0, 0.1) is 15.9 Å². The number of nitro benzene ring substituents is 1. The summed E-state index contributed by atoms with van der Waals surface area (Å²) in [5, 5.41) is 10.7. The van der Waals surface area contributed by atoms with Crippen LogP contribution in [-0.4, -0.2) is 26.8 Å². The molecule has 6 nitrogen and oxygen atoms in total. The third-order valence-electron chi connectivity index (χ3n) is 4.10. The standard InChI is InChI=1S/C17H16FN3O3/c1-11(15-4-2-3-9-19-15)20(13-6-7-13)17(22)12-5-8-16(21(23)24)14(18)10-12/h2-5,8-11,13H,6-7H2,1H3/t11-/m0/s1. The Morgan fingerprint density at radius 1 is 1.38 bits per heavy atom. The maximum absolute atomic E-state index is 13.8. The predicted octanol–water partition coefficient (Wildman–Crippen LogP) is 3.49. The van der Waals surface area contributed by atoms with Gasteiger partial charge in [0.2, 0.25) is 5.82 Å². The number of hydrogen-bond acceptors (Lipinski definition) is 4. The largest absolute Gasteiger partial charge is 0.327 e. The summed E-state index contributed by atoms with van der Waals surface area (Å²) in [6.07, 6.45) is 3.43. The molecular formula is C17H16FN3O3. The molecule has 1 aromatic carbocycles. The van der Waals surface area contributed by atoms with Crippen LogP contribution < -0.4 is 0 Å². The minimum absolute atomic E-state index is 0.0905. The molecule has 3 rings (SSSR count). The Morgan fingerprint density at radius 3 is 2.67 bits per heavy atom. The zero-order valence-corrected chi connectivity index (χ0v) is 13.1. The fourth-order valence-corrected chi connectivity index (χ4v) is 2.71. The first-order chi connectivity index (χ1) is 11.5. The number of benzene rings is 1. The normalized spacial score (nSPS) is 14.9. The van der Waals surface area contributed by atoms with Crippen LogP contribution >= 0.6 is 0 Å². The van der Waals surface area contributed by atoms with Crippen molar-refractivity contribution in [1.29, 1.82) is 0 Å². The van der Waals surface area contributed by atoms with Crippen LogP contribution in [0.2, 0.25) is 0 Å². The molecule has 24 heavy (non-hydrogen) atoms. The van der Waals surface area contributed by atoms with Gasteiger partial charge in [0.05, 0.1) is 16.7 Å². The monoisotopic (exact) mass is 329 g/mol. The smallest absolute Gasteiger partial charge is 0.304 e. The summed E-state index contributed by atoms with van der Waals surface area (Å²) in [4.78, 5) is 28.7. The summed E-state index contributed by atoms with van der Waals surface area (Å²) >= 11 is 0. The molecule has 124 valence electrons. The topological polar surface area (TPSA) is 76.3 Å². The van der Waals surface area contributed by atoms with Gasteiger partial charge >= 0.3 is 5.69 Å². The molecule has 0 bridgehead atoms. The molecule has 1 amide bonds. The van der Waals surface area contributed by atoms with Crippen molar-refractivity contribution < 1.29 is 14.1 Å². The molecule has 1 aliphatic rings. The molecule has 0 saturated heterocycles. The highest BCUT2D eigenvalue weighted by molar-refractivity contribution is 5.95. The van der Waals surface area contributed by atoms with Crippen LogP contribution in [0.1, 0.15) is 41.9 Å². The second-order valence-corrected chi connectivity index (χ2v) is 5.80. The van der Waals surface area contributed by atoms with Crippen molar-refractivity contribution in [3.05, 3.63) is 69.8 Å². The Hall–Kier alpha value is -2.83. The van der Waals surface area contributed by atoms with Crippen molar-refractivity contribution in [2.75, 3.05) is 0 Å². The van der Waals surface area contributed by atoms with E-state index in [0.29, 0.717) is 0 Å². The lowest BCUT2D eigenvalue weighted by atomic mass is 10.1. The molecule has 7 heteroatoms. The zero-order valence-electron chi connectivity index (χ0n) is 13.1. The number of nitrogens with zero attached hydrogens (tertiary/aromatic N) is 3. The van der Waals surface area contributed by atoms with Gasteiger partial charge in [0, 0.05) is 23.9 Å². The summed E-state index contributed by atoms with van der Waals surface area (Å²) in [5.74, 6) is -1.35. The number of carbonyl (C=O) groups is 1. The van der Waals surface area contributed by atoms with Crippen LogP contribution in [-0.2, 0) is 0 Å². The third kappa shape index (κ3) is 3.10. The first-order valence-electron chi connectivity index (χ1n) is 7.66. The van der Waals surface area contributed by atoms with Crippen molar-refractivity contribution in [2.45, 2.75) is 31.8 Å². The second kappa shape index (κ2) is 6.35. The van der Waals surface area contributed by atoms with Crippen molar-refractivity contribution in [3.8, 4) is 0 Å². The first-order valence-corrected chi connectivity index (χ1v) is 7.66. The van der Waals surface area contributed by atoms with E-state index < -0.39 is 16.4 Å². The molecule has 1 saturated carbocycles. The number of rotatable bonds is 5. The highest BCUT2D eigenvalue weighted by Crippen LogP contribution is 2.35. The third-order valence-corrected chi connectivity index (χ3v) is 4.10. The number of hydrogen-bond donors (Lipinski definition) is 0. The fourth-order valence-electron chi connectivity index (χ4n) is 2.71. The Kier molecular flexibility index (Phi) is 4.24. The van der Waals surface area contributed by atoms with Crippen molar-refractivity contribution in [1.82, 2.24) is 9.88 Å². The molecule has 0 N–H and O–H groups in total. The van der Waals surface area contributed by atoms with Crippen LogP contribution in [0.5, 0.6) is 0 Å². The van der Waals surface area contributed by atoms with Gasteiger partial charge in [-0.05, 0) is 44.0 Å². The average molecular weight is 329 g/mol. The maximum atomic E-state index is 13.8. The minimum Gasteiger partial charge on any atom is -0.327 e. The van der Waals surface area contributed by atoms with E-state index in [0.717, 1.165) is 30.7 Å². The van der Waals surface area contributed by atoms with Gasteiger partial charge in [0.15, 0.2) is 0 Å². The maximum Gasteiger partial charge on any atom is 0.304 e. The van der Waals surface area contributed by atoms with Crippen molar-refractivity contribution in [3.63, 3.8) is 0 Å². The summed E-state index contributed by atoms with van der Waals surface area (Å²) < 4.78 is 13.8. The predicted molar refractivity (Wildman–Crippen MR) is 84.9 cm³/mol. The quantitative estimate of drug-likeness (QED) is 0.621. The number of nitro groups is 1. The molecule has 1 heterocycles. The number of amides is 1. The molecule has 1 fully saturated rings. The van der Waals surface area contributed by atoms with Crippen LogP contribution in [0.3, 0.4) is 0 Å². The molecule has 0 aliphatic heterocycles. The average Bonchev–Trinajstić information content (AvgIpc) is 3.40. The highest BCUT2D eigenvalue weighted by Gasteiger charge is 2.37. The Labute approximate surface area is 138 Å². The van der Waals surface area contributed by atoms with Gasteiger partial charge in [-0.3, -0.25) is 19.9 Å². The molecule has 0 spiro atoms. The van der Waals surface area contributed by atoms with Crippen molar-refractivity contribution in [2.24, 2.45) is 0 Å². The van der Waals surface area contributed by atoms with Gasteiger partial charge in [-0.25, -0.2) is 0 Å². The van der Waals surface area contributed by atoms with Gasteiger partial charge in [0.25, 0.3) is 5.91 Å². The van der Waals surface area contributed by atoms with Gasteiger partial charge in [-0.1, -0.05) is 6.07 Å². The highest BCUT2D eigenvalue weighted by atomic mass is 19.1. The number of aromatic nitrogens is 1. The zero-order chi connectivity index (χ0) is 17.3. The van der Waals surface area contributed by atoms with E-state index in [9.17, 15) is 19.3 Å². The fraction of sp³-hybridized carbons (Fsp3) is 0.294. The van der Waals surface area contributed by atoms with E-state index >= 15 is 0 Å². The molecule has 0 radical (unpaired) electrons. The molecule has 1 atom stereocenters. The van der Waals surface area contributed by atoms with Crippen LogP contribution in [0.4, 0.5) is 10.1 Å². The molecule has 1 aliphatic carbocycles. The lowest BCUT2D eigenvalue weighted by Crippen LogP contribution is -2.36. The second-order valence-electron chi connectivity index (χ2n) is 5.80. The number of carbonyl (C=O) groups excluding carboxylic acids is 1. The molecule has 2 aromatic rings. The van der Waals surface area contributed by atoms with Crippen LogP contribution in [0.15, 0.2) is 42.6 Å². The van der Waals surface area contributed by atoms with Gasteiger partial charge in [0.1, 0.15) is 0 Å². The van der Waals surface area contributed by atoms with Gasteiger partial charge < -0.3 is 4.90 Å². The van der Waals surface area contributed by atoms with E-state index in [4.69, 9.17) is 0 Å². The van der Waals surface area contributed by atoms with E-state index in [1.54, 1.807) is 17.2 Å². The summed E-state index contributed by atoms with van der Waals surface area (Å²) in [6.45, 7) is 1.88. The van der Waals surface area contributed by atoms with Gasteiger partial charge in [-0.15, -0.1) is 0 Å². The molecule has 0 unspecified atom stereocenters. The molecule has 1 aromatic heterocycles. The lowest BCUT2D eigenvalue weighted by molar-refractivity contribution is -0.387. The SMILES string of the molecule is C[C@@H](c1ccccn1)N(C(=O)c1ccc([N+](=O)[O-])c(F)c1)C1CC1. The van der Waals surface area contributed by atoms with Gasteiger partial charge in [-0.2, -0.15) is 4.39 Å². The Balaban J connectivity index is 1.91. The summed E-state index contributed by atoms with van der Waals surface area (Å²) in [7, 11) is 0. The van der Waals surface area contributed by atoms with Crippen molar-refractivity contribution >= 4 is 11.6 Å². The first kappa shape index (κ1) is 16.0. The number of pyridine rings is 1. The van der Waals surface area contributed by atoms with E-state index in [1.165, 1.54) is 6.07 Å². The van der Waals surface area contributed by atoms with Crippen LogP contribution in [0.25, 0.3) is 0 Å². The van der Waals surface area contributed by atoms with E-state index in [1.807, 2.05) is 19.1 Å². The Bertz CT molecular complexity index is 778. The van der Waals surface area contributed by atoms with E-state index in [2.05, 4.69) is 4.98 Å². The summed E-state index contributed by atoms with van der Waals surface area (Å²) in [6, 6.07) is 8.57. The minimum atomic E-state index is -1.01.